The Kier molecular flexibility index (Phi) is 3.78. The minimum Gasteiger partial charge on any atom is -0.507 e. The monoisotopic (exact) mass is 262 g/mol. The Morgan fingerprint density at radius 3 is 3.11 bits per heavy atom. The number of benzene rings is 1. The molecule has 0 saturated carbocycles. The molecule has 1 N–H and O–H groups in total. The van der Waals surface area contributed by atoms with Gasteiger partial charge in [-0.25, -0.2) is 0 Å². The molecule has 1 heterocycles. The van der Waals surface area contributed by atoms with Gasteiger partial charge < -0.3 is 10.0 Å². The number of nitrogens with zero attached hydrogens (tertiary/aromatic N) is 2. The predicted molar refractivity (Wildman–Crippen MR) is 70.6 cm³/mol. The molecule has 1 atom stereocenters. The summed E-state index contributed by atoms with van der Waals surface area (Å²) >= 11 is 1.67. The maximum atomic E-state index is 12.3. The molecule has 1 aliphatic heterocycles. The summed E-state index contributed by atoms with van der Waals surface area (Å²) in [7, 11) is 0. The molecule has 1 aromatic rings. The number of phenolic OH excluding ortho intramolecular Hbond substituents is 1. The van der Waals surface area contributed by atoms with E-state index in [1.807, 2.05) is 6.92 Å². The van der Waals surface area contributed by atoms with Crippen molar-refractivity contribution in [2.45, 2.75) is 13.0 Å². The van der Waals surface area contributed by atoms with Gasteiger partial charge in [0.05, 0.1) is 11.6 Å². The quantitative estimate of drug-likeness (QED) is 0.838. The molecule has 94 valence electrons. The van der Waals surface area contributed by atoms with Gasteiger partial charge in [-0.1, -0.05) is 11.6 Å². The molecule has 1 amide bonds. The van der Waals surface area contributed by atoms with Crippen LogP contribution < -0.4 is 0 Å². The summed E-state index contributed by atoms with van der Waals surface area (Å²) in [5.41, 5.74) is 1.19. The van der Waals surface area contributed by atoms with Crippen molar-refractivity contribution in [2.75, 3.05) is 18.1 Å². The van der Waals surface area contributed by atoms with E-state index in [4.69, 9.17) is 5.26 Å². The van der Waals surface area contributed by atoms with Gasteiger partial charge in [-0.05, 0) is 19.1 Å². The fourth-order valence-corrected chi connectivity index (χ4v) is 2.90. The van der Waals surface area contributed by atoms with E-state index in [0.717, 1.165) is 11.3 Å². The summed E-state index contributed by atoms with van der Waals surface area (Å²) in [5, 5.41) is 18.8. The molecule has 18 heavy (non-hydrogen) atoms. The Balaban J connectivity index is 2.30. The van der Waals surface area contributed by atoms with Crippen molar-refractivity contribution in [3.63, 3.8) is 0 Å². The minimum atomic E-state index is -0.406. The standard InChI is InChI=1S/C13H14N2O2S/c1-9-2-3-12(16)11(6-9)13(17)15-4-5-18-8-10(15)7-14/h2-3,6,10,16H,4-5,8H2,1H3. The Labute approximate surface area is 110 Å². The largest absolute Gasteiger partial charge is 0.507 e. The van der Waals surface area contributed by atoms with Crippen LogP contribution >= 0.6 is 11.8 Å². The molecule has 0 bridgehead atoms. The molecule has 0 aliphatic carbocycles. The molecule has 2 rings (SSSR count). The molecular formula is C13H14N2O2S. The Hall–Kier alpha value is -1.67. The lowest BCUT2D eigenvalue weighted by atomic mass is 10.1. The number of amides is 1. The fourth-order valence-electron chi connectivity index (χ4n) is 1.93. The van der Waals surface area contributed by atoms with Crippen molar-refractivity contribution in [3.8, 4) is 11.8 Å². The summed E-state index contributed by atoms with van der Waals surface area (Å²) in [5.74, 6) is 1.18. The van der Waals surface area contributed by atoms with Crippen molar-refractivity contribution in [3.05, 3.63) is 29.3 Å². The highest BCUT2D eigenvalue weighted by Crippen LogP contribution is 2.24. The van der Waals surface area contributed by atoms with Gasteiger partial charge in [-0.2, -0.15) is 17.0 Å². The summed E-state index contributed by atoms with van der Waals surface area (Å²) < 4.78 is 0. The van der Waals surface area contributed by atoms with Gasteiger partial charge >= 0.3 is 0 Å². The third-order valence-electron chi connectivity index (χ3n) is 2.92. The average Bonchev–Trinajstić information content (AvgIpc) is 2.40. The van der Waals surface area contributed by atoms with Crippen LogP contribution in [-0.2, 0) is 0 Å². The number of rotatable bonds is 1. The highest BCUT2D eigenvalue weighted by atomic mass is 32.2. The normalized spacial score (nSPS) is 19.3. The van der Waals surface area contributed by atoms with Crippen molar-refractivity contribution in [1.82, 2.24) is 4.90 Å². The van der Waals surface area contributed by atoms with Crippen LogP contribution in [0.15, 0.2) is 18.2 Å². The van der Waals surface area contributed by atoms with Gasteiger partial charge in [0.2, 0.25) is 0 Å². The van der Waals surface area contributed by atoms with Crippen LogP contribution in [0.2, 0.25) is 0 Å². The van der Waals surface area contributed by atoms with Crippen LogP contribution in [0.4, 0.5) is 0 Å². The van der Waals surface area contributed by atoms with E-state index in [9.17, 15) is 9.90 Å². The molecule has 0 aromatic heterocycles. The lowest BCUT2D eigenvalue weighted by molar-refractivity contribution is 0.0734. The van der Waals surface area contributed by atoms with E-state index in [0.29, 0.717) is 12.3 Å². The van der Waals surface area contributed by atoms with E-state index >= 15 is 0 Å². The number of phenols is 1. The summed E-state index contributed by atoms with van der Waals surface area (Å²) in [4.78, 5) is 13.9. The summed E-state index contributed by atoms with van der Waals surface area (Å²) in [6.45, 7) is 2.42. The zero-order valence-electron chi connectivity index (χ0n) is 10.1. The van der Waals surface area contributed by atoms with Gasteiger partial charge in [0.1, 0.15) is 11.8 Å². The second kappa shape index (κ2) is 5.32. The Bertz CT molecular complexity index is 510. The molecule has 0 radical (unpaired) electrons. The molecule has 1 fully saturated rings. The number of aryl methyl sites for hydroxylation is 1. The number of hydrogen-bond donors (Lipinski definition) is 1. The maximum Gasteiger partial charge on any atom is 0.258 e. The summed E-state index contributed by atoms with van der Waals surface area (Å²) in [6, 6.07) is 6.66. The van der Waals surface area contributed by atoms with E-state index in [2.05, 4.69) is 6.07 Å². The number of carbonyl (C=O) groups is 1. The fraction of sp³-hybridized carbons (Fsp3) is 0.385. The molecular weight excluding hydrogens is 248 g/mol. The van der Waals surface area contributed by atoms with Crippen molar-refractivity contribution >= 4 is 17.7 Å². The van der Waals surface area contributed by atoms with Gasteiger partial charge in [0.25, 0.3) is 5.91 Å². The molecule has 4 nitrogen and oxygen atoms in total. The number of carbonyl (C=O) groups excluding carboxylic acids is 1. The zero-order valence-corrected chi connectivity index (χ0v) is 10.9. The van der Waals surface area contributed by atoms with E-state index in [-0.39, 0.29) is 17.2 Å². The van der Waals surface area contributed by atoms with Crippen LogP contribution in [0.1, 0.15) is 15.9 Å². The first-order valence-corrected chi connectivity index (χ1v) is 6.87. The number of nitriles is 1. The van der Waals surface area contributed by atoms with Crippen LogP contribution in [0, 0.1) is 18.3 Å². The molecule has 1 saturated heterocycles. The second-order valence-electron chi connectivity index (χ2n) is 4.24. The van der Waals surface area contributed by atoms with Crippen LogP contribution in [0.5, 0.6) is 5.75 Å². The van der Waals surface area contributed by atoms with E-state index < -0.39 is 6.04 Å². The predicted octanol–water partition coefficient (Wildman–Crippen LogP) is 1.78. The maximum absolute atomic E-state index is 12.3. The van der Waals surface area contributed by atoms with Crippen LogP contribution in [0.3, 0.4) is 0 Å². The van der Waals surface area contributed by atoms with Crippen molar-refractivity contribution in [2.24, 2.45) is 0 Å². The second-order valence-corrected chi connectivity index (χ2v) is 5.39. The van der Waals surface area contributed by atoms with E-state index in [1.165, 1.54) is 6.07 Å². The third-order valence-corrected chi connectivity index (χ3v) is 3.94. The minimum absolute atomic E-state index is 0.0273. The lowest BCUT2D eigenvalue weighted by Gasteiger charge is -2.31. The highest BCUT2D eigenvalue weighted by molar-refractivity contribution is 7.99. The highest BCUT2D eigenvalue weighted by Gasteiger charge is 2.28. The van der Waals surface area contributed by atoms with Gasteiger partial charge in [-0.3, -0.25) is 4.79 Å². The van der Waals surface area contributed by atoms with Gasteiger partial charge in [0.15, 0.2) is 0 Å². The van der Waals surface area contributed by atoms with Crippen molar-refractivity contribution in [1.29, 1.82) is 5.26 Å². The number of aromatic hydroxyl groups is 1. The SMILES string of the molecule is Cc1ccc(O)c(C(=O)N2CCSCC2C#N)c1. The number of thioether (sulfide) groups is 1. The first-order valence-electron chi connectivity index (χ1n) is 5.71. The van der Waals surface area contributed by atoms with E-state index in [1.54, 1.807) is 28.8 Å². The van der Waals surface area contributed by atoms with Crippen molar-refractivity contribution < 1.29 is 9.90 Å². The first kappa shape index (κ1) is 12.8. The van der Waals surface area contributed by atoms with Gasteiger partial charge in [-0.15, -0.1) is 0 Å². The molecule has 1 unspecified atom stereocenters. The first-order chi connectivity index (χ1) is 8.63. The molecule has 5 heteroatoms. The summed E-state index contributed by atoms with van der Waals surface area (Å²) in [6.07, 6.45) is 0. The Morgan fingerprint density at radius 1 is 1.61 bits per heavy atom. The molecule has 0 spiro atoms. The topological polar surface area (TPSA) is 64.3 Å². The zero-order chi connectivity index (χ0) is 13.1. The smallest absolute Gasteiger partial charge is 0.258 e. The average molecular weight is 262 g/mol. The molecule has 1 aromatic carbocycles. The third kappa shape index (κ3) is 2.44. The van der Waals surface area contributed by atoms with Crippen LogP contribution in [0.25, 0.3) is 0 Å². The lowest BCUT2D eigenvalue weighted by Crippen LogP contribution is -2.45. The Morgan fingerprint density at radius 2 is 2.39 bits per heavy atom. The molecule has 1 aliphatic rings. The number of hydrogen-bond acceptors (Lipinski definition) is 4. The van der Waals surface area contributed by atoms with Crippen LogP contribution in [-0.4, -0.2) is 40.0 Å². The van der Waals surface area contributed by atoms with Gasteiger partial charge in [0, 0.05) is 18.1 Å².